The minimum absolute atomic E-state index is 0.405. The number of hydrogen-bond donors (Lipinski definition) is 2. The Morgan fingerprint density at radius 3 is 2.25 bits per heavy atom. The van der Waals surface area contributed by atoms with Gasteiger partial charge in [-0.3, -0.25) is 0 Å². The summed E-state index contributed by atoms with van der Waals surface area (Å²) in [6.45, 7) is 0. The molecular formula is C8H7IO3. The average Bonchev–Trinajstić information content (AvgIpc) is 2.04. The molecule has 0 aliphatic rings. The molecule has 0 heterocycles. The van der Waals surface area contributed by atoms with E-state index in [9.17, 15) is 4.79 Å². The fourth-order valence-corrected chi connectivity index (χ4v) is 1.15. The highest BCUT2D eigenvalue weighted by molar-refractivity contribution is 14.1. The number of benzene rings is 1. The molecule has 64 valence electrons. The van der Waals surface area contributed by atoms with Gasteiger partial charge in [-0.2, -0.15) is 0 Å². The second-order valence-electron chi connectivity index (χ2n) is 2.29. The standard InChI is InChI=1S/C8H7IO3/c9-6-3-1-5(2-4-6)7(10)8(11)12/h1-4,7,10H,(H,11,12)/t7-/m0/s1. The predicted molar refractivity (Wildman–Crippen MR) is 51.8 cm³/mol. The zero-order valence-corrected chi connectivity index (χ0v) is 8.22. The Morgan fingerprint density at radius 2 is 1.83 bits per heavy atom. The van der Waals surface area contributed by atoms with Crippen molar-refractivity contribution in [3.05, 3.63) is 33.4 Å². The molecule has 0 spiro atoms. The van der Waals surface area contributed by atoms with Gasteiger partial charge in [0.1, 0.15) is 0 Å². The summed E-state index contributed by atoms with van der Waals surface area (Å²) in [4.78, 5) is 10.3. The lowest BCUT2D eigenvalue weighted by atomic mass is 10.1. The molecule has 1 rings (SSSR count). The van der Waals surface area contributed by atoms with Crippen molar-refractivity contribution >= 4 is 28.6 Å². The first-order valence-electron chi connectivity index (χ1n) is 3.27. The first kappa shape index (κ1) is 9.47. The number of aliphatic carboxylic acids is 1. The molecule has 0 aromatic heterocycles. The Morgan fingerprint density at radius 1 is 1.33 bits per heavy atom. The summed E-state index contributed by atoms with van der Waals surface area (Å²) >= 11 is 2.11. The van der Waals surface area contributed by atoms with Gasteiger partial charge in [-0.1, -0.05) is 12.1 Å². The van der Waals surface area contributed by atoms with Gasteiger partial charge in [0.25, 0.3) is 0 Å². The van der Waals surface area contributed by atoms with Crippen molar-refractivity contribution in [1.82, 2.24) is 0 Å². The summed E-state index contributed by atoms with van der Waals surface area (Å²) in [5.74, 6) is -1.23. The molecule has 0 aliphatic heterocycles. The molecule has 0 fully saturated rings. The highest BCUT2D eigenvalue weighted by Crippen LogP contribution is 2.14. The number of aliphatic hydroxyl groups excluding tert-OH is 1. The topological polar surface area (TPSA) is 57.5 Å². The number of carboxylic acids is 1. The van der Waals surface area contributed by atoms with Crippen LogP contribution in [0.3, 0.4) is 0 Å². The van der Waals surface area contributed by atoms with Crippen LogP contribution in [-0.4, -0.2) is 16.2 Å². The maximum Gasteiger partial charge on any atom is 0.337 e. The van der Waals surface area contributed by atoms with Crippen molar-refractivity contribution in [3.63, 3.8) is 0 Å². The van der Waals surface area contributed by atoms with E-state index in [1.807, 2.05) is 0 Å². The van der Waals surface area contributed by atoms with Crippen LogP contribution in [0.25, 0.3) is 0 Å². The molecule has 0 bridgehead atoms. The Bertz CT molecular complexity index is 281. The minimum atomic E-state index is -1.41. The van der Waals surface area contributed by atoms with Crippen LogP contribution in [0, 0.1) is 3.57 Å². The van der Waals surface area contributed by atoms with E-state index in [2.05, 4.69) is 22.6 Å². The Kier molecular flexibility index (Phi) is 3.05. The lowest BCUT2D eigenvalue weighted by Crippen LogP contribution is -2.09. The van der Waals surface area contributed by atoms with Crippen LogP contribution in [0.4, 0.5) is 0 Å². The van der Waals surface area contributed by atoms with E-state index in [4.69, 9.17) is 10.2 Å². The van der Waals surface area contributed by atoms with Crippen LogP contribution >= 0.6 is 22.6 Å². The van der Waals surface area contributed by atoms with Gasteiger partial charge in [-0.15, -0.1) is 0 Å². The van der Waals surface area contributed by atoms with Gasteiger partial charge in [0, 0.05) is 3.57 Å². The molecule has 4 heteroatoms. The zero-order chi connectivity index (χ0) is 9.14. The quantitative estimate of drug-likeness (QED) is 0.804. The average molecular weight is 278 g/mol. The summed E-state index contributed by atoms with van der Waals surface area (Å²) < 4.78 is 1.01. The monoisotopic (exact) mass is 278 g/mol. The Labute approximate surface area is 83.2 Å². The van der Waals surface area contributed by atoms with Gasteiger partial charge in [0.05, 0.1) is 0 Å². The summed E-state index contributed by atoms with van der Waals surface area (Å²) in [7, 11) is 0. The predicted octanol–water partition coefficient (Wildman–Crippen LogP) is 1.41. The maximum absolute atomic E-state index is 10.3. The van der Waals surface area contributed by atoms with Crippen LogP contribution in [0.2, 0.25) is 0 Å². The van der Waals surface area contributed by atoms with E-state index in [0.717, 1.165) is 3.57 Å². The molecule has 0 aliphatic carbocycles. The van der Waals surface area contributed by atoms with Crippen molar-refractivity contribution in [1.29, 1.82) is 0 Å². The molecule has 0 amide bonds. The van der Waals surface area contributed by atoms with E-state index in [-0.39, 0.29) is 0 Å². The van der Waals surface area contributed by atoms with Gasteiger partial charge in [0.2, 0.25) is 0 Å². The van der Waals surface area contributed by atoms with Crippen molar-refractivity contribution in [2.24, 2.45) is 0 Å². The normalized spacial score (nSPS) is 12.5. The summed E-state index contributed by atoms with van der Waals surface area (Å²) in [6, 6.07) is 6.70. The van der Waals surface area contributed by atoms with Gasteiger partial charge in [0.15, 0.2) is 6.10 Å². The Balaban J connectivity index is 2.89. The van der Waals surface area contributed by atoms with Crippen molar-refractivity contribution in [2.75, 3.05) is 0 Å². The zero-order valence-electron chi connectivity index (χ0n) is 6.07. The second kappa shape index (κ2) is 3.86. The Hall–Kier alpha value is -0.620. The second-order valence-corrected chi connectivity index (χ2v) is 3.54. The van der Waals surface area contributed by atoms with Crippen LogP contribution in [0.1, 0.15) is 11.7 Å². The fourth-order valence-electron chi connectivity index (χ4n) is 0.788. The van der Waals surface area contributed by atoms with Crippen LogP contribution < -0.4 is 0 Å². The molecule has 12 heavy (non-hydrogen) atoms. The van der Waals surface area contributed by atoms with E-state index >= 15 is 0 Å². The third kappa shape index (κ3) is 2.18. The van der Waals surface area contributed by atoms with Crippen LogP contribution in [0.15, 0.2) is 24.3 Å². The van der Waals surface area contributed by atoms with Gasteiger partial charge in [-0.05, 0) is 40.3 Å². The van der Waals surface area contributed by atoms with E-state index in [0.29, 0.717) is 5.56 Å². The van der Waals surface area contributed by atoms with Crippen molar-refractivity contribution in [2.45, 2.75) is 6.10 Å². The van der Waals surface area contributed by atoms with E-state index in [1.54, 1.807) is 24.3 Å². The highest BCUT2D eigenvalue weighted by Gasteiger charge is 2.14. The minimum Gasteiger partial charge on any atom is -0.479 e. The fraction of sp³-hybridized carbons (Fsp3) is 0.125. The number of carbonyl (C=O) groups is 1. The number of aliphatic hydroxyl groups is 1. The molecule has 0 radical (unpaired) electrons. The van der Waals surface area contributed by atoms with Crippen LogP contribution in [0.5, 0.6) is 0 Å². The molecule has 1 aromatic carbocycles. The number of carboxylic acid groups (broad SMARTS) is 1. The van der Waals surface area contributed by atoms with Gasteiger partial charge < -0.3 is 10.2 Å². The number of rotatable bonds is 2. The largest absolute Gasteiger partial charge is 0.479 e. The number of hydrogen-bond acceptors (Lipinski definition) is 2. The third-order valence-electron chi connectivity index (χ3n) is 1.42. The molecule has 3 nitrogen and oxygen atoms in total. The molecule has 0 unspecified atom stereocenters. The summed E-state index contributed by atoms with van der Waals surface area (Å²) in [5.41, 5.74) is 0.405. The SMILES string of the molecule is O=C(O)[C@@H](O)c1ccc(I)cc1. The number of halogens is 1. The molecule has 0 saturated heterocycles. The van der Waals surface area contributed by atoms with Gasteiger partial charge >= 0.3 is 5.97 Å². The molecule has 2 N–H and O–H groups in total. The molecule has 0 saturated carbocycles. The first-order chi connectivity index (χ1) is 5.61. The smallest absolute Gasteiger partial charge is 0.337 e. The molecule has 1 atom stereocenters. The summed E-state index contributed by atoms with van der Waals surface area (Å²) in [6.07, 6.45) is -1.41. The van der Waals surface area contributed by atoms with Crippen molar-refractivity contribution in [3.8, 4) is 0 Å². The van der Waals surface area contributed by atoms with Crippen molar-refractivity contribution < 1.29 is 15.0 Å². The van der Waals surface area contributed by atoms with E-state index in [1.165, 1.54) is 0 Å². The third-order valence-corrected chi connectivity index (χ3v) is 2.14. The summed E-state index contributed by atoms with van der Waals surface area (Å²) in [5, 5.41) is 17.5. The lowest BCUT2D eigenvalue weighted by Gasteiger charge is -2.04. The highest BCUT2D eigenvalue weighted by atomic mass is 127. The first-order valence-corrected chi connectivity index (χ1v) is 4.35. The van der Waals surface area contributed by atoms with Gasteiger partial charge in [-0.25, -0.2) is 4.79 Å². The molecule has 1 aromatic rings. The molecular weight excluding hydrogens is 271 g/mol. The van der Waals surface area contributed by atoms with Crippen LogP contribution in [-0.2, 0) is 4.79 Å². The maximum atomic E-state index is 10.3. The van der Waals surface area contributed by atoms with E-state index < -0.39 is 12.1 Å². The lowest BCUT2D eigenvalue weighted by molar-refractivity contribution is -0.146.